The summed E-state index contributed by atoms with van der Waals surface area (Å²) in [5.41, 5.74) is 1.86. The normalized spacial score (nSPS) is 23.1. The van der Waals surface area contributed by atoms with E-state index in [1.165, 1.54) is 18.4 Å². The average Bonchev–Trinajstić information content (AvgIpc) is 2.61. The highest BCUT2D eigenvalue weighted by Gasteiger charge is 2.35. The zero-order valence-electron chi connectivity index (χ0n) is 12.7. The van der Waals surface area contributed by atoms with Crippen molar-refractivity contribution < 1.29 is 4.74 Å². The first-order valence-corrected chi connectivity index (χ1v) is 7.19. The molecule has 0 fully saturated rings. The van der Waals surface area contributed by atoms with Crippen LogP contribution in [0.2, 0.25) is 0 Å². The summed E-state index contributed by atoms with van der Waals surface area (Å²) < 4.78 is 5.35. The van der Waals surface area contributed by atoms with Gasteiger partial charge in [0.1, 0.15) is 6.61 Å². The molecule has 1 aliphatic carbocycles. The highest BCUT2D eigenvalue weighted by atomic mass is 16.5. The summed E-state index contributed by atoms with van der Waals surface area (Å²) in [6, 6.07) is 0. The predicted molar refractivity (Wildman–Crippen MR) is 83.9 cm³/mol. The van der Waals surface area contributed by atoms with Crippen LogP contribution in [0.4, 0.5) is 0 Å². The molecule has 0 amide bonds. The minimum absolute atomic E-state index is 0.329. The van der Waals surface area contributed by atoms with Gasteiger partial charge in [-0.15, -0.1) is 6.58 Å². The zero-order chi connectivity index (χ0) is 14.3. The fourth-order valence-corrected chi connectivity index (χ4v) is 2.71. The standard InChI is InChI=1S/C18H28O/c1-6-8-16(11-13-19-12-7-2)14-17-10-9-15(3)18(17,4)5/h6-7,9,11,13,16-17H,1-2,8,10,12,14H2,3-5H3/b13-11+. The maximum atomic E-state index is 5.35. The maximum Gasteiger partial charge on any atom is 0.105 e. The third-order valence-electron chi connectivity index (χ3n) is 4.46. The molecule has 0 saturated heterocycles. The number of allylic oxidation sites excluding steroid dienone is 4. The Kier molecular flexibility index (Phi) is 6.14. The molecule has 0 bridgehead atoms. The van der Waals surface area contributed by atoms with Crippen molar-refractivity contribution in [3.8, 4) is 0 Å². The van der Waals surface area contributed by atoms with E-state index in [9.17, 15) is 0 Å². The molecule has 0 N–H and O–H groups in total. The van der Waals surface area contributed by atoms with Crippen molar-refractivity contribution in [2.24, 2.45) is 17.3 Å². The molecule has 106 valence electrons. The van der Waals surface area contributed by atoms with Crippen molar-refractivity contribution in [2.75, 3.05) is 6.61 Å². The lowest BCUT2D eigenvalue weighted by molar-refractivity contribution is 0.246. The molecule has 1 aliphatic rings. The maximum absolute atomic E-state index is 5.35. The Morgan fingerprint density at radius 1 is 1.42 bits per heavy atom. The molecule has 0 radical (unpaired) electrons. The van der Waals surface area contributed by atoms with Gasteiger partial charge in [-0.2, -0.15) is 0 Å². The van der Waals surface area contributed by atoms with E-state index in [2.05, 4.69) is 46.1 Å². The van der Waals surface area contributed by atoms with Crippen LogP contribution in [-0.2, 0) is 4.74 Å². The molecule has 1 nitrogen and oxygen atoms in total. The predicted octanol–water partition coefficient (Wildman–Crippen LogP) is 5.28. The van der Waals surface area contributed by atoms with Crippen LogP contribution in [-0.4, -0.2) is 6.61 Å². The van der Waals surface area contributed by atoms with Gasteiger partial charge in [-0.25, -0.2) is 0 Å². The molecule has 2 unspecified atom stereocenters. The van der Waals surface area contributed by atoms with Gasteiger partial charge in [0, 0.05) is 0 Å². The molecule has 0 saturated carbocycles. The Bertz CT molecular complexity index is 360. The largest absolute Gasteiger partial charge is 0.497 e. The first-order chi connectivity index (χ1) is 9.02. The smallest absolute Gasteiger partial charge is 0.105 e. The molecule has 0 heterocycles. The van der Waals surface area contributed by atoms with E-state index in [-0.39, 0.29) is 0 Å². The Labute approximate surface area is 118 Å². The molecule has 19 heavy (non-hydrogen) atoms. The average molecular weight is 260 g/mol. The molecule has 2 atom stereocenters. The van der Waals surface area contributed by atoms with Gasteiger partial charge in [0.15, 0.2) is 0 Å². The Morgan fingerprint density at radius 2 is 2.16 bits per heavy atom. The second-order valence-electron chi connectivity index (χ2n) is 6.01. The van der Waals surface area contributed by atoms with Crippen molar-refractivity contribution in [3.05, 3.63) is 49.3 Å². The number of hydrogen-bond acceptors (Lipinski definition) is 1. The number of hydrogen-bond donors (Lipinski definition) is 0. The molecule has 0 spiro atoms. The van der Waals surface area contributed by atoms with Gasteiger partial charge in [-0.3, -0.25) is 0 Å². The summed E-state index contributed by atoms with van der Waals surface area (Å²) in [5, 5.41) is 0. The highest BCUT2D eigenvalue weighted by Crippen LogP contribution is 2.46. The van der Waals surface area contributed by atoms with Crippen LogP contribution in [0.5, 0.6) is 0 Å². The third-order valence-corrected chi connectivity index (χ3v) is 4.46. The van der Waals surface area contributed by atoms with Gasteiger partial charge in [0.2, 0.25) is 0 Å². The molecule has 0 aromatic heterocycles. The first kappa shape index (κ1) is 15.8. The van der Waals surface area contributed by atoms with Gasteiger partial charge in [-0.05, 0) is 49.5 Å². The lowest BCUT2D eigenvalue weighted by Crippen LogP contribution is -2.22. The van der Waals surface area contributed by atoms with Crippen LogP contribution in [0.15, 0.2) is 49.3 Å². The fourth-order valence-electron chi connectivity index (χ4n) is 2.71. The molecule has 0 aliphatic heterocycles. The molecular formula is C18H28O. The minimum Gasteiger partial charge on any atom is -0.497 e. The summed E-state index contributed by atoms with van der Waals surface area (Å²) in [7, 11) is 0. The van der Waals surface area contributed by atoms with E-state index < -0.39 is 0 Å². The monoisotopic (exact) mass is 260 g/mol. The second kappa shape index (κ2) is 7.37. The first-order valence-electron chi connectivity index (χ1n) is 7.19. The molecule has 1 heteroatoms. The van der Waals surface area contributed by atoms with E-state index in [0.717, 1.165) is 12.3 Å². The van der Waals surface area contributed by atoms with Gasteiger partial charge in [0.05, 0.1) is 6.26 Å². The quantitative estimate of drug-likeness (QED) is 0.328. The van der Waals surface area contributed by atoms with Crippen LogP contribution >= 0.6 is 0 Å². The SMILES string of the molecule is C=CCO/C=C/C(CC=C)CC1CC=C(C)C1(C)C. The van der Waals surface area contributed by atoms with E-state index in [0.29, 0.717) is 17.9 Å². The van der Waals surface area contributed by atoms with Crippen LogP contribution in [0, 0.1) is 17.3 Å². The summed E-state index contributed by atoms with van der Waals surface area (Å²) in [5.74, 6) is 1.24. The fraction of sp³-hybridized carbons (Fsp3) is 0.556. The van der Waals surface area contributed by atoms with E-state index >= 15 is 0 Å². The van der Waals surface area contributed by atoms with Crippen molar-refractivity contribution in [1.29, 1.82) is 0 Å². The highest BCUT2D eigenvalue weighted by molar-refractivity contribution is 5.18. The van der Waals surface area contributed by atoms with Gasteiger partial charge in [-0.1, -0.05) is 44.2 Å². The number of rotatable bonds is 8. The Hall–Kier alpha value is -1.24. The van der Waals surface area contributed by atoms with Crippen LogP contribution < -0.4 is 0 Å². The topological polar surface area (TPSA) is 9.23 Å². The van der Waals surface area contributed by atoms with Gasteiger partial charge in [0.25, 0.3) is 0 Å². The summed E-state index contributed by atoms with van der Waals surface area (Å²) >= 11 is 0. The molecular weight excluding hydrogens is 232 g/mol. The summed E-state index contributed by atoms with van der Waals surface area (Å²) in [6.45, 7) is 15.1. The van der Waals surface area contributed by atoms with Gasteiger partial charge < -0.3 is 4.74 Å². The molecule has 0 aromatic rings. The van der Waals surface area contributed by atoms with Crippen molar-refractivity contribution in [1.82, 2.24) is 0 Å². The number of ether oxygens (including phenoxy) is 1. The lowest BCUT2D eigenvalue weighted by Gasteiger charge is -2.31. The van der Waals surface area contributed by atoms with Gasteiger partial charge >= 0.3 is 0 Å². The molecule has 0 aromatic carbocycles. The van der Waals surface area contributed by atoms with Crippen LogP contribution in [0.1, 0.15) is 40.0 Å². The second-order valence-corrected chi connectivity index (χ2v) is 6.01. The van der Waals surface area contributed by atoms with E-state index in [1.54, 1.807) is 6.08 Å². The summed E-state index contributed by atoms with van der Waals surface area (Å²) in [6.07, 6.45) is 13.6. The Morgan fingerprint density at radius 3 is 2.68 bits per heavy atom. The van der Waals surface area contributed by atoms with Crippen molar-refractivity contribution >= 4 is 0 Å². The van der Waals surface area contributed by atoms with E-state index in [1.807, 2.05) is 12.3 Å². The third kappa shape index (κ3) is 4.41. The molecule has 1 rings (SSSR count). The van der Waals surface area contributed by atoms with Crippen LogP contribution in [0.25, 0.3) is 0 Å². The van der Waals surface area contributed by atoms with Crippen molar-refractivity contribution in [2.45, 2.75) is 40.0 Å². The minimum atomic E-state index is 0.329. The zero-order valence-corrected chi connectivity index (χ0v) is 12.7. The van der Waals surface area contributed by atoms with E-state index in [4.69, 9.17) is 4.74 Å². The summed E-state index contributed by atoms with van der Waals surface area (Å²) in [4.78, 5) is 0. The van der Waals surface area contributed by atoms with Crippen LogP contribution in [0.3, 0.4) is 0 Å². The lowest BCUT2D eigenvalue weighted by atomic mass is 9.73. The Balaban J connectivity index is 2.57. The van der Waals surface area contributed by atoms with Crippen molar-refractivity contribution in [3.63, 3.8) is 0 Å².